The molecule has 3 rings (SSSR count). The minimum atomic E-state index is -0.776. The van der Waals surface area contributed by atoms with Gasteiger partial charge in [-0.3, -0.25) is 0 Å². The SMILES string of the molecule is COC(=O)c1cc(Nc2nc3cc(Cl)c(Cl)cc3o2)ccc1F. The summed E-state index contributed by atoms with van der Waals surface area (Å²) in [5, 5.41) is 3.54. The average molecular weight is 355 g/mol. The number of hydrogen-bond acceptors (Lipinski definition) is 5. The number of anilines is 2. The van der Waals surface area contributed by atoms with Crippen molar-refractivity contribution in [2.45, 2.75) is 0 Å². The van der Waals surface area contributed by atoms with Crippen LogP contribution in [0.25, 0.3) is 11.1 Å². The fourth-order valence-electron chi connectivity index (χ4n) is 1.97. The van der Waals surface area contributed by atoms with Crippen LogP contribution < -0.4 is 5.32 Å². The highest BCUT2D eigenvalue weighted by Gasteiger charge is 2.14. The second kappa shape index (κ2) is 6.06. The van der Waals surface area contributed by atoms with Crippen LogP contribution >= 0.6 is 23.2 Å². The van der Waals surface area contributed by atoms with E-state index >= 15 is 0 Å². The van der Waals surface area contributed by atoms with Crippen molar-refractivity contribution in [3.63, 3.8) is 0 Å². The molecule has 0 saturated heterocycles. The Morgan fingerprint density at radius 1 is 1.26 bits per heavy atom. The van der Waals surface area contributed by atoms with Gasteiger partial charge in [0.15, 0.2) is 5.58 Å². The quantitative estimate of drug-likeness (QED) is 0.684. The summed E-state index contributed by atoms with van der Waals surface area (Å²) in [6.45, 7) is 0. The molecular formula is C15H9Cl2FN2O3. The van der Waals surface area contributed by atoms with Gasteiger partial charge in [0.1, 0.15) is 11.3 Å². The molecule has 0 aliphatic rings. The molecule has 3 aromatic rings. The van der Waals surface area contributed by atoms with Crippen LogP contribution in [0.2, 0.25) is 10.0 Å². The molecule has 0 amide bonds. The molecule has 0 aliphatic heterocycles. The van der Waals surface area contributed by atoms with Gasteiger partial charge < -0.3 is 14.5 Å². The molecule has 0 bridgehead atoms. The first-order valence-corrected chi connectivity index (χ1v) is 7.14. The maximum absolute atomic E-state index is 13.6. The van der Waals surface area contributed by atoms with Crippen molar-refractivity contribution in [2.24, 2.45) is 0 Å². The van der Waals surface area contributed by atoms with Crippen LogP contribution in [0.1, 0.15) is 10.4 Å². The van der Waals surface area contributed by atoms with Gasteiger partial charge in [0.25, 0.3) is 6.01 Å². The van der Waals surface area contributed by atoms with Gasteiger partial charge in [0.2, 0.25) is 0 Å². The third-order valence-corrected chi connectivity index (χ3v) is 3.78. The van der Waals surface area contributed by atoms with Gasteiger partial charge in [0, 0.05) is 11.8 Å². The van der Waals surface area contributed by atoms with Gasteiger partial charge in [0.05, 0.1) is 22.7 Å². The van der Waals surface area contributed by atoms with Gasteiger partial charge in [-0.2, -0.15) is 4.98 Å². The van der Waals surface area contributed by atoms with Crippen LogP contribution in [-0.2, 0) is 4.74 Å². The number of fused-ring (bicyclic) bond motifs is 1. The Morgan fingerprint density at radius 2 is 2.00 bits per heavy atom. The number of ether oxygens (including phenoxy) is 1. The molecule has 8 heteroatoms. The van der Waals surface area contributed by atoms with Crippen LogP contribution in [0, 0.1) is 5.82 Å². The highest BCUT2D eigenvalue weighted by atomic mass is 35.5. The van der Waals surface area contributed by atoms with E-state index in [1.807, 2.05) is 0 Å². The molecular weight excluding hydrogens is 346 g/mol. The standard InChI is InChI=1S/C15H9Cl2FN2O3/c1-22-14(21)8-4-7(2-3-11(8)18)19-15-20-12-5-9(16)10(17)6-13(12)23-15/h2-6H,1H3,(H,19,20). The first-order chi connectivity index (χ1) is 11.0. The molecule has 23 heavy (non-hydrogen) atoms. The molecule has 1 N–H and O–H groups in total. The highest BCUT2D eigenvalue weighted by Crippen LogP contribution is 2.30. The molecule has 0 atom stereocenters. The molecule has 118 valence electrons. The lowest BCUT2D eigenvalue weighted by Crippen LogP contribution is -2.05. The lowest BCUT2D eigenvalue weighted by molar-refractivity contribution is 0.0595. The van der Waals surface area contributed by atoms with E-state index in [0.717, 1.165) is 6.07 Å². The van der Waals surface area contributed by atoms with Gasteiger partial charge in [-0.05, 0) is 24.3 Å². The number of oxazole rings is 1. The lowest BCUT2D eigenvalue weighted by atomic mass is 10.2. The largest absolute Gasteiger partial charge is 0.465 e. The van der Waals surface area contributed by atoms with Crippen molar-refractivity contribution in [2.75, 3.05) is 12.4 Å². The predicted molar refractivity (Wildman–Crippen MR) is 85.1 cm³/mol. The number of carbonyl (C=O) groups is 1. The Labute approximate surface area is 140 Å². The zero-order chi connectivity index (χ0) is 16.6. The van der Waals surface area contributed by atoms with Crippen molar-refractivity contribution < 1.29 is 18.3 Å². The van der Waals surface area contributed by atoms with Gasteiger partial charge >= 0.3 is 5.97 Å². The fraction of sp³-hybridized carbons (Fsp3) is 0.0667. The Kier molecular flexibility index (Phi) is 4.11. The summed E-state index contributed by atoms with van der Waals surface area (Å²) < 4.78 is 23.6. The number of aromatic nitrogens is 1. The van der Waals surface area contributed by atoms with Gasteiger partial charge in [-0.25, -0.2) is 9.18 Å². The van der Waals surface area contributed by atoms with Crippen LogP contribution in [0.15, 0.2) is 34.7 Å². The predicted octanol–water partition coefficient (Wildman–Crippen LogP) is 4.80. The van der Waals surface area contributed by atoms with Crippen LogP contribution in [0.5, 0.6) is 0 Å². The van der Waals surface area contributed by atoms with E-state index in [9.17, 15) is 9.18 Å². The topological polar surface area (TPSA) is 64.4 Å². The van der Waals surface area contributed by atoms with E-state index < -0.39 is 11.8 Å². The number of nitrogens with zero attached hydrogens (tertiary/aromatic N) is 1. The van der Waals surface area contributed by atoms with E-state index in [0.29, 0.717) is 26.8 Å². The Balaban J connectivity index is 1.94. The normalized spacial score (nSPS) is 10.8. The first-order valence-electron chi connectivity index (χ1n) is 6.38. The third kappa shape index (κ3) is 3.09. The minimum absolute atomic E-state index is 0.153. The van der Waals surface area contributed by atoms with Gasteiger partial charge in [-0.15, -0.1) is 0 Å². The molecule has 0 saturated carbocycles. The van der Waals surface area contributed by atoms with E-state index in [2.05, 4.69) is 15.0 Å². The number of nitrogens with one attached hydrogen (secondary N) is 1. The smallest absolute Gasteiger partial charge is 0.340 e. The molecule has 2 aromatic carbocycles. The monoisotopic (exact) mass is 354 g/mol. The van der Waals surface area contributed by atoms with Crippen molar-refractivity contribution >= 4 is 52.0 Å². The summed E-state index contributed by atoms with van der Waals surface area (Å²) >= 11 is 11.8. The summed E-state index contributed by atoms with van der Waals surface area (Å²) in [6, 6.07) is 7.15. The van der Waals surface area contributed by atoms with Gasteiger partial charge in [-0.1, -0.05) is 23.2 Å². The Bertz CT molecular complexity index is 872. The van der Waals surface area contributed by atoms with E-state index in [1.54, 1.807) is 12.1 Å². The van der Waals surface area contributed by atoms with Crippen molar-refractivity contribution in [1.82, 2.24) is 4.98 Å². The number of halogens is 3. The molecule has 1 heterocycles. The summed E-state index contributed by atoms with van der Waals surface area (Å²) in [5.41, 5.74) is 1.17. The molecule has 1 aromatic heterocycles. The summed E-state index contributed by atoms with van der Waals surface area (Å²) in [7, 11) is 1.18. The number of esters is 1. The zero-order valence-electron chi connectivity index (χ0n) is 11.7. The number of benzene rings is 2. The third-order valence-electron chi connectivity index (χ3n) is 3.05. The number of hydrogen-bond donors (Lipinski definition) is 1. The summed E-state index contributed by atoms with van der Waals surface area (Å²) in [5.74, 6) is -1.46. The molecule has 0 fully saturated rings. The van der Waals surface area contributed by atoms with Crippen molar-refractivity contribution in [1.29, 1.82) is 0 Å². The fourth-order valence-corrected chi connectivity index (χ4v) is 2.28. The van der Waals surface area contributed by atoms with Crippen molar-refractivity contribution in [3.8, 4) is 0 Å². The second-order valence-electron chi connectivity index (χ2n) is 4.56. The lowest BCUT2D eigenvalue weighted by Gasteiger charge is -2.05. The average Bonchev–Trinajstić information content (AvgIpc) is 2.90. The van der Waals surface area contributed by atoms with E-state index in [4.69, 9.17) is 27.6 Å². The first kappa shape index (κ1) is 15.6. The number of carbonyl (C=O) groups excluding carboxylic acids is 1. The maximum atomic E-state index is 13.6. The molecule has 0 spiro atoms. The Morgan fingerprint density at radius 3 is 2.74 bits per heavy atom. The molecule has 0 radical (unpaired) electrons. The Hall–Kier alpha value is -2.31. The number of rotatable bonds is 3. The van der Waals surface area contributed by atoms with Crippen molar-refractivity contribution in [3.05, 3.63) is 51.8 Å². The van der Waals surface area contributed by atoms with Crippen LogP contribution in [0.4, 0.5) is 16.1 Å². The molecule has 0 unspecified atom stereocenters. The van der Waals surface area contributed by atoms with Crippen LogP contribution in [-0.4, -0.2) is 18.1 Å². The number of methoxy groups -OCH3 is 1. The van der Waals surface area contributed by atoms with E-state index in [-0.39, 0.29) is 11.6 Å². The molecule has 5 nitrogen and oxygen atoms in total. The molecule has 0 aliphatic carbocycles. The maximum Gasteiger partial charge on any atom is 0.340 e. The minimum Gasteiger partial charge on any atom is -0.465 e. The van der Waals surface area contributed by atoms with E-state index in [1.165, 1.54) is 19.2 Å². The summed E-state index contributed by atoms with van der Waals surface area (Å²) in [6.07, 6.45) is 0. The van der Waals surface area contributed by atoms with Crippen LogP contribution in [0.3, 0.4) is 0 Å². The second-order valence-corrected chi connectivity index (χ2v) is 5.38. The highest BCUT2D eigenvalue weighted by molar-refractivity contribution is 6.42. The summed E-state index contributed by atoms with van der Waals surface area (Å²) in [4.78, 5) is 15.7. The zero-order valence-corrected chi connectivity index (χ0v) is 13.2.